The minimum atomic E-state index is -0.113. The summed E-state index contributed by atoms with van der Waals surface area (Å²) in [7, 11) is 0. The molecule has 1 aliphatic rings. The number of esters is 1. The first-order valence-electron chi connectivity index (χ1n) is 6.33. The van der Waals surface area contributed by atoms with Crippen molar-refractivity contribution in [3.05, 3.63) is 6.42 Å². The van der Waals surface area contributed by atoms with E-state index in [4.69, 9.17) is 4.74 Å². The SMILES string of the molecule is CCCCC[CH]C(=O)OCC1CCCC1. The van der Waals surface area contributed by atoms with E-state index in [0.717, 1.165) is 12.8 Å². The molecule has 0 unspecified atom stereocenters. The molecule has 0 amide bonds. The number of carbonyl (C=O) groups excluding carboxylic acids is 1. The monoisotopic (exact) mass is 211 g/mol. The number of rotatable bonds is 7. The summed E-state index contributed by atoms with van der Waals surface area (Å²) in [5, 5.41) is 0. The zero-order valence-electron chi connectivity index (χ0n) is 9.84. The first kappa shape index (κ1) is 12.5. The average Bonchev–Trinajstić information content (AvgIpc) is 2.74. The third-order valence-electron chi connectivity index (χ3n) is 3.05. The van der Waals surface area contributed by atoms with Gasteiger partial charge in [-0.2, -0.15) is 0 Å². The maximum Gasteiger partial charge on any atom is 0.309 e. The van der Waals surface area contributed by atoms with Crippen LogP contribution in [0.1, 0.15) is 58.3 Å². The fourth-order valence-electron chi connectivity index (χ4n) is 2.05. The van der Waals surface area contributed by atoms with Crippen LogP contribution in [0, 0.1) is 12.3 Å². The van der Waals surface area contributed by atoms with Crippen molar-refractivity contribution in [1.82, 2.24) is 0 Å². The number of ether oxygens (including phenoxy) is 1. The van der Waals surface area contributed by atoms with Crippen molar-refractivity contribution in [2.45, 2.75) is 58.3 Å². The Morgan fingerprint density at radius 3 is 2.73 bits per heavy atom. The molecule has 1 radical (unpaired) electrons. The van der Waals surface area contributed by atoms with Crippen LogP contribution < -0.4 is 0 Å². The van der Waals surface area contributed by atoms with E-state index >= 15 is 0 Å². The summed E-state index contributed by atoms with van der Waals surface area (Å²) in [4.78, 5) is 11.3. The molecule has 0 heterocycles. The molecule has 1 rings (SSSR count). The minimum Gasteiger partial charge on any atom is -0.465 e. The van der Waals surface area contributed by atoms with Gasteiger partial charge >= 0.3 is 5.97 Å². The van der Waals surface area contributed by atoms with Gasteiger partial charge < -0.3 is 4.74 Å². The number of carbonyl (C=O) groups is 1. The van der Waals surface area contributed by atoms with Crippen LogP contribution in [0.2, 0.25) is 0 Å². The highest BCUT2D eigenvalue weighted by molar-refractivity contribution is 5.78. The summed E-state index contributed by atoms with van der Waals surface area (Å²) in [6.45, 7) is 2.81. The predicted octanol–water partition coefficient (Wildman–Crippen LogP) is 3.50. The summed E-state index contributed by atoms with van der Waals surface area (Å²) in [5.74, 6) is 0.524. The second-order valence-corrected chi connectivity index (χ2v) is 4.48. The number of unbranched alkanes of at least 4 members (excludes halogenated alkanes) is 3. The normalized spacial score (nSPS) is 16.9. The van der Waals surface area contributed by atoms with Crippen molar-refractivity contribution in [2.24, 2.45) is 5.92 Å². The van der Waals surface area contributed by atoms with Gasteiger partial charge in [0.2, 0.25) is 0 Å². The van der Waals surface area contributed by atoms with Gasteiger partial charge in [0, 0.05) is 0 Å². The molecule has 1 saturated carbocycles. The maximum absolute atomic E-state index is 11.3. The summed E-state index contributed by atoms with van der Waals surface area (Å²) < 4.78 is 5.21. The molecule has 1 aliphatic carbocycles. The first-order chi connectivity index (χ1) is 7.33. The van der Waals surface area contributed by atoms with Crippen LogP contribution in [-0.4, -0.2) is 12.6 Å². The van der Waals surface area contributed by atoms with E-state index in [1.54, 1.807) is 6.42 Å². The molecule has 0 N–H and O–H groups in total. The van der Waals surface area contributed by atoms with Crippen molar-refractivity contribution in [3.63, 3.8) is 0 Å². The maximum atomic E-state index is 11.3. The molecule has 0 aromatic heterocycles. The van der Waals surface area contributed by atoms with Crippen LogP contribution >= 0.6 is 0 Å². The molecule has 0 aliphatic heterocycles. The van der Waals surface area contributed by atoms with Crippen molar-refractivity contribution >= 4 is 5.97 Å². The lowest BCUT2D eigenvalue weighted by Gasteiger charge is -2.09. The Hall–Kier alpha value is -0.530. The standard InChI is InChI=1S/C13H23O2/c1-2-3-4-5-10-13(14)15-11-12-8-6-7-9-12/h10,12H,2-9,11H2,1H3. The van der Waals surface area contributed by atoms with Crippen LogP contribution in [-0.2, 0) is 9.53 Å². The van der Waals surface area contributed by atoms with Crippen molar-refractivity contribution in [3.8, 4) is 0 Å². The first-order valence-corrected chi connectivity index (χ1v) is 6.33. The van der Waals surface area contributed by atoms with Crippen molar-refractivity contribution < 1.29 is 9.53 Å². The van der Waals surface area contributed by atoms with E-state index in [0.29, 0.717) is 12.5 Å². The molecule has 2 heteroatoms. The van der Waals surface area contributed by atoms with Gasteiger partial charge in [-0.1, -0.05) is 39.0 Å². The fraction of sp³-hybridized carbons (Fsp3) is 0.846. The highest BCUT2D eigenvalue weighted by Gasteiger charge is 2.16. The Morgan fingerprint density at radius 1 is 1.33 bits per heavy atom. The van der Waals surface area contributed by atoms with Gasteiger partial charge in [-0.3, -0.25) is 4.79 Å². The minimum absolute atomic E-state index is 0.113. The summed E-state index contributed by atoms with van der Waals surface area (Å²) in [6.07, 6.45) is 11.2. The molecule has 0 aromatic carbocycles. The topological polar surface area (TPSA) is 26.3 Å². The lowest BCUT2D eigenvalue weighted by atomic mass is 10.1. The quantitative estimate of drug-likeness (QED) is 0.476. The van der Waals surface area contributed by atoms with Crippen molar-refractivity contribution in [2.75, 3.05) is 6.61 Å². The Labute approximate surface area is 93.4 Å². The van der Waals surface area contributed by atoms with E-state index in [-0.39, 0.29) is 5.97 Å². The molecule has 87 valence electrons. The van der Waals surface area contributed by atoms with Gasteiger partial charge in [0.15, 0.2) is 0 Å². The van der Waals surface area contributed by atoms with Crippen LogP contribution in [0.4, 0.5) is 0 Å². The largest absolute Gasteiger partial charge is 0.465 e. The van der Waals surface area contributed by atoms with E-state index in [1.165, 1.54) is 38.5 Å². The average molecular weight is 211 g/mol. The molecular weight excluding hydrogens is 188 g/mol. The Kier molecular flexibility index (Phi) is 6.45. The predicted molar refractivity (Wildman–Crippen MR) is 61.4 cm³/mol. The van der Waals surface area contributed by atoms with Gasteiger partial charge in [0.05, 0.1) is 13.0 Å². The van der Waals surface area contributed by atoms with Crippen LogP contribution in [0.25, 0.3) is 0 Å². The molecule has 0 bridgehead atoms. The second-order valence-electron chi connectivity index (χ2n) is 4.48. The molecule has 0 aromatic rings. The number of hydrogen-bond donors (Lipinski definition) is 0. The van der Waals surface area contributed by atoms with E-state index in [2.05, 4.69) is 6.92 Å². The second kappa shape index (κ2) is 7.72. The highest BCUT2D eigenvalue weighted by Crippen LogP contribution is 2.24. The number of hydrogen-bond acceptors (Lipinski definition) is 2. The lowest BCUT2D eigenvalue weighted by Crippen LogP contribution is -2.12. The third kappa shape index (κ3) is 5.81. The lowest BCUT2D eigenvalue weighted by molar-refractivity contribution is -0.141. The van der Waals surface area contributed by atoms with Gasteiger partial charge in [-0.05, 0) is 25.2 Å². The fourth-order valence-corrected chi connectivity index (χ4v) is 2.05. The Bertz CT molecular complexity index is 171. The van der Waals surface area contributed by atoms with E-state index in [1.807, 2.05) is 0 Å². The molecule has 2 nitrogen and oxygen atoms in total. The Morgan fingerprint density at radius 2 is 2.07 bits per heavy atom. The summed E-state index contributed by atoms with van der Waals surface area (Å²) >= 11 is 0. The molecule has 0 atom stereocenters. The van der Waals surface area contributed by atoms with Gasteiger partial charge in [-0.15, -0.1) is 0 Å². The van der Waals surface area contributed by atoms with Crippen LogP contribution in [0.15, 0.2) is 0 Å². The smallest absolute Gasteiger partial charge is 0.309 e. The van der Waals surface area contributed by atoms with Gasteiger partial charge in [0.25, 0.3) is 0 Å². The van der Waals surface area contributed by atoms with Crippen molar-refractivity contribution in [1.29, 1.82) is 0 Å². The zero-order valence-corrected chi connectivity index (χ0v) is 9.84. The zero-order chi connectivity index (χ0) is 10.9. The van der Waals surface area contributed by atoms with Gasteiger partial charge in [-0.25, -0.2) is 0 Å². The van der Waals surface area contributed by atoms with E-state index < -0.39 is 0 Å². The highest BCUT2D eigenvalue weighted by atomic mass is 16.5. The molecule has 15 heavy (non-hydrogen) atoms. The summed E-state index contributed by atoms with van der Waals surface area (Å²) in [5.41, 5.74) is 0. The summed E-state index contributed by atoms with van der Waals surface area (Å²) in [6, 6.07) is 0. The molecule has 0 saturated heterocycles. The third-order valence-corrected chi connectivity index (χ3v) is 3.05. The molecule has 0 spiro atoms. The van der Waals surface area contributed by atoms with Crippen LogP contribution in [0.5, 0.6) is 0 Å². The molecular formula is C13H23O2. The van der Waals surface area contributed by atoms with Crippen LogP contribution in [0.3, 0.4) is 0 Å². The molecule has 1 fully saturated rings. The van der Waals surface area contributed by atoms with E-state index in [9.17, 15) is 4.79 Å². The van der Waals surface area contributed by atoms with Gasteiger partial charge in [0.1, 0.15) is 0 Å². The Balaban J connectivity index is 1.93.